The maximum absolute atomic E-state index is 12.8. The summed E-state index contributed by atoms with van der Waals surface area (Å²) in [6.07, 6.45) is 3.82. The summed E-state index contributed by atoms with van der Waals surface area (Å²) >= 11 is 0. The predicted octanol–water partition coefficient (Wildman–Crippen LogP) is 1.84. The fourth-order valence-electron chi connectivity index (χ4n) is 3.58. The van der Waals surface area contributed by atoms with Gasteiger partial charge in [-0.05, 0) is 44.0 Å². The van der Waals surface area contributed by atoms with Crippen LogP contribution in [0, 0.1) is 0 Å². The molecule has 0 saturated carbocycles. The minimum absolute atomic E-state index is 0.163. The van der Waals surface area contributed by atoms with Crippen LogP contribution in [-0.2, 0) is 6.54 Å². The monoisotopic (exact) mass is 287 g/mol. The molecule has 0 radical (unpaired) electrons. The number of nitrogens with two attached hydrogens (primary N) is 1. The van der Waals surface area contributed by atoms with E-state index in [0.717, 1.165) is 24.2 Å². The van der Waals surface area contributed by atoms with E-state index in [1.807, 2.05) is 24.3 Å². The van der Waals surface area contributed by atoms with Gasteiger partial charge < -0.3 is 10.6 Å². The van der Waals surface area contributed by atoms with Gasteiger partial charge in [0.15, 0.2) is 0 Å². The zero-order valence-corrected chi connectivity index (χ0v) is 12.8. The smallest absolute Gasteiger partial charge is 0.254 e. The van der Waals surface area contributed by atoms with E-state index in [1.165, 1.54) is 25.8 Å². The zero-order chi connectivity index (χ0) is 14.8. The first-order valence-electron chi connectivity index (χ1n) is 8.03. The molecule has 0 bridgehead atoms. The molecule has 3 rings (SSSR count). The second kappa shape index (κ2) is 6.16. The van der Waals surface area contributed by atoms with Crippen molar-refractivity contribution in [3.05, 3.63) is 35.4 Å². The van der Waals surface area contributed by atoms with Crippen molar-refractivity contribution < 1.29 is 4.79 Å². The lowest BCUT2D eigenvalue weighted by atomic mass is 9.96. The van der Waals surface area contributed by atoms with Crippen molar-refractivity contribution in [2.75, 3.05) is 19.6 Å². The Hall–Kier alpha value is -1.39. The molecule has 2 aliphatic rings. The molecule has 0 spiro atoms. The van der Waals surface area contributed by atoms with Crippen molar-refractivity contribution in [3.8, 4) is 0 Å². The first-order chi connectivity index (χ1) is 10.2. The summed E-state index contributed by atoms with van der Waals surface area (Å²) in [5.74, 6) is 0.163. The molecule has 0 aromatic heterocycles. The Morgan fingerprint density at radius 2 is 2.00 bits per heavy atom. The molecular formula is C17H25N3O. The van der Waals surface area contributed by atoms with E-state index in [1.54, 1.807) is 0 Å². The van der Waals surface area contributed by atoms with Crippen LogP contribution in [0.1, 0.15) is 42.1 Å². The highest BCUT2D eigenvalue weighted by molar-refractivity contribution is 5.94. The van der Waals surface area contributed by atoms with Gasteiger partial charge in [0.2, 0.25) is 0 Å². The Kier molecular flexibility index (Phi) is 4.27. The van der Waals surface area contributed by atoms with Crippen molar-refractivity contribution >= 4 is 5.91 Å². The lowest BCUT2D eigenvalue weighted by molar-refractivity contribution is 0.0151. The molecule has 4 nitrogen and oxygen atoms in total. The Labute approximate surface area is 126 Å². The summed E-state index contributed by atoms with van der Waals surface area (Å²) < 4.78 is 0. The van der Waals surface area contributed by atoms with Crippen molar-refractivity contribution in [1.29, 1.82) is 0 Å². The van der Waals surface area contributed by atoms with Gasteiger partial charge in [0.25, 0.3) is 5.91 Å². The Balaban J connectivity index is 1.73. The molecule has 4 heteroatoms. The number of fused-ring (bicyclic) bond motifs is 1. The summed E-state index contributed by atoms with van der Waals surface area (Å²) in [7, 11) is 0. The van der Waals surface area contributed by atoms with Crippen molar-refractivity contribution in [3.63, 3.8) is 0 Å². The number of carbonyl (C=O) groups is 1. The predicted molar refractivity (Wildman–Crippen MR) is 84.0 cm³/mol. The van der Waals surface area contributed by atoms with Crippen molar-refractivity contribution in [2.45, 2.75) is 44.8 Å². The molecule has 1 amide bonds. The molecule has 2 aliphatic heterocycles. The van der Waals surface area contributed by atoms with Crippen LogP contribution in [0.25, 0.3) is 0 Å². The zero-order valence-electron chi connectivity index (χ0n) is 12.8. The molecule has 2 fully saturated rings. The molecular weight excluding hydrogens is 262 g/mol. The fourth-order valence-corrected chi connectivity index (χ4v) is 3.58. The minimum Gasteiger partial charge on any atom is -0.333 e. The largest absolute Gasteiger partial charge is 0.333 e. The molecule has 2 unspecified atom stereocenters. The van der Waals surface area contributed by atoms with Gasteiger partial charge in [-0.25, -0.2) is 0 Å². The quantitative estimate of drug-likeness (QED) is 0.903. The number of nitrogens with zero attached hydrogens (tertiary/aromatic N) is 2. The van der Waals surface area contributed by atoms with E-state index >= 15 is 0 Å². The van der Waals surface area contributed by atoms with Crippen LogP contribution in [0.4, 0.5) is 0 Å². The van der Waals surface area contributed by atoms with Crippen molar-refractivity contribution in [2.24, 2.45) is 5.73 Å². The Bertz CT molecular complexity index is 499. The number of piperidine rings is 1. The van der Waals surface area contributed by atoms with Gasteiger partial charge in [0.05, 0.1) is 0 Å². The summed E-state index contributed by atoms with van der Waals surface area (Å²) in [5.41, 5.74) is 7.46. The van der Waals surface area contributed by atoms with Crippen LogP contribution in [0.2, 0.25) is 0 Å². The second-order valence-electron chi connectivity index (χ2n) is 6.35. The van der Waals surface area contributed by atoms with Gasteiger partial charge in [-0.1, -0.05) is 18.6 Å². The number of piperazine rings is 1. The topological polar surface area (TPSA) is 49.6 Å². The highest BCUT2D eigenvalue weighted by Gasteiger charge is 2.35. The number of amides is 1. The lowest BCUT2D eigenvalue weighted by Crippen LogP contribution is -2.60. The third-order valence-corrected chi connectivity index (χ3v) is 4.88. The van der Waals surface area contributed by atoms with E-state index in [2.05, 4.69) is 16.7 Å². The van der Waals surface area contributed by atoms with Gasteiger partial charge in [0.1, 0.15) is 0 Å². The summed E-state index contributed by atoms with van der Waals surface area (Å²) in [6, 6.07) is 8.57. The SMILES string of the molecule is CC1CN2CCCCC2CN1C(=O)c1ccc(CN)cc1. The van der Waals surface area contributed by atoms with Gasteiger partial charge >= 0.3 is 0 Å². The number of carbonyl (C=O) groups excluding carboxylic acids is 1. The van der Waals surface area contributed by atoms with E-state index in [9.17, 15) is 4.79 Å². The highest BCUT2D eigenvalue weighted by Crippen LogP contribution is 2.25. The standard InChI is InChI=1S/C17H25N3O/c1-13-11-19-9-3-2-4-16(19)12-20(13)17(21)15-7-5-14(10-18)6-8-15/h5-8,13,16H,2-4,9-12,18H2,1H3. The first-order valence-corrected chi connectivity index (χ1v) is 8.03. The fraction of sp³-hybridized carbons (Fsp3) is 0.588. The second-order valence-corrected chi connectivity index (χ2v) is 6.35. The first kappa shape index (κ1) is 14.5. The third kappa shape index (κ3) is 2.97. The van der Waals surface area contributed by atoms with E-state index in [4.69, 9.17) is 5.73 Å². The average Bonchev–Trinajstić information content (AvgIpc) is 2.53. The van der Waals surface area contributed by atoms with Crippen molar-refractivity contribution in [1.82, 2.24) is 9.80 Å². The minimum atomic E-state index is 0.163. The molecule has 2 heterocycles. The maximum Gasteiger partial charge on any atom is 0.254 e. The van der Waals surface area contributed by atoms with Crippen LogP contribution in [-0.4, -0.2) is 47.4 Å². The molecule has 2 N–H and O–H groups in total. The molecule has 114 valence electrons. The van der Waals surface area contributed by atoms with Crippen LogP contribution >= 0.6 is 0 Å². The number of benzene rings is 1. The summed E-state index contributed by atoms with van der Waals surface area (Å²) in [4.78, 5) is 17.4. The third-order valence-electron chi connectivity index (χ3n) is 4.88. The van der Waals surface area contributed by atoms with E-state index in [0.29, 0.717) is 18.6 Å². The van der Waals surface area contributed by atoms with Gasteiger partial charge in [-0.3, -0.25) is 9.69 Å². The molecule has 2 atom stereocenters. The van der Waals surface area contributed by atoms with Gasteiger partial charge in [-0.15, -0.1) is 0 Å². The normalized spacial score (nSPS) is 26.5. The molecule has 0 aliphatic carbocycles. The lowest BCUT2D eigenvalue weighted by Gasteiger charge is -2.47. The van der Waals surface area contributed by atoms with Crippen LogP contribution in [0.15, 0.2) is 24.3 Å². The van der Waals surface area contributed by atoms with E-state index < -0.39 is 0 Å². The molecule has 21 heavy (non-hydrogen) atoms. The average molecular weight is 287 g/mol. The molecule has 1 aromatic carbocycles. The number of hydrogen-bond donors (Lipinski definition) is 1. The highest BCUT2D eigenvalue weighted by atomic mass is 16.2. The summed E-state index contributed by atoms with van der Waals surface area (Å²) in [5, 5.41) is 0. The van der Waals surface area contributed by atoms with E-state index in [-0.39, 0.29) is 5.91 Å². The Morgan fingerprint density at radius 1 is 1.24 bits per heavy atom. The molecule has 2 saturated heterocycles. The van der Waals surface area contributed by atoms with Gasteiger partial charge in [0, 0.05) is 37.3 Å². The number of rotatable bonds is 2. The molecule has 1 aromatic rings. The van der Waals surface area contributed by atoms with Gasteiger partial charge in [-0.2, -0.15) is 0 Å². The Morgan fingerprint density at radius 3 is 2.71 bits per heavy atom. The summed E-state index contributed by atoms with van der Waals surface area (Å²) in [6.45, 7) is 5.76. The van der Waals surface area contributed by atoms with Crippen LogP contribution in [0.5, 0.6) is 0 Å². The van der Waals surface area contributed by atoms with Crippen LogP contribution < -0.4 is 5.73 Å². The number of hydrogen-bond acceptors (Lipinski definition) is 3. The maximum atomic E-state index is 12.8. The van der Waals surface area contributed by atoms with Crippen LogP contribution in [0.3, 0.4) is 0 Å².